The molecule has 98 valence electrons. The van der Waals surface area contributed by atoms with E-state index in [2.05, 4.69) is 5.32 Å². The summed E-state index contributed by atoms with van der Waals surface area (Å²) >= 11 is 5.68. The minimum Gasteiger partial charge on any atom is -0.316 e. The standard InChI is InChI=1S/C14H17ClFNO/c15-13-3-1-2-11(14(13)16)8-12(18)5-4-10-6-7-17-9-10/h1-3,10,17H,4-9H2. The first kappa shape index (κ1) is 13.5. The van der Waals surface area contributed by atoms with Crippen LogP contribution in [0.1, 0.15) is 24.8 Å². The molecule has 0 amide bonds. The summed E-state index contributed by atoms with van der Waals surface area (Å²) < 4.78 is 13.6. The quantitative estimate of drug-likeness (QED) is 0.890. The summed E-state index contributed by atoms with van der Waals surface area (Å²) in [4.78, 5) is 11.8. The first-order chi connectivity index (χ1) is 8.66. The van der Waals surface area contributed by atoms with Gasteiger partial charge in [-0.2, -0.15) is 0 Å². The molecule has 1 saturated heterocycles. The van der Waals surface area contributed by atoms with Gasteiger partial charge < -0.3 is 5.32 Å². The van der Waals surface area contributed by atoms with Gasteiger partial charge in [0.2, 0.25) is 0 Å². The topological polar surface area (TPSA) is 29.1 Å². The van der Waals surface area contributed by atoms with Crippen molar-refractivity contribution in [1.82, 2.24) is 5.32 Å². The molecule has 0 aromatic heterocycles. The number of hydrogen-bond acceptors (Lipinski definition) is 2. The Morgan fingerprint density at radius 3 is 3.06 bits per heavy atom. The van der Waals surface area contributed by atoms with Gasteiger partial charge in [0.25, 0.3) is 0 Å². The number of ketones is 1. The van der Waals surface area contributed by atoms with E-state index in [1.807, 2.05) is 0 Å². The van der Waals surface area contributed by atoms with Crippen LogP contribution in [0.15, 0.2) is 18.2 Å². The summed E-state index contributed by atoms with van der Waals surface area (Å²) in [6.45, 7) is 2.04. The fourth-order valence-electron chi connectivity index (χ4n) is 2.31. The number of carbonyl (C=O) groups excluding carboxylic acids is 1. The van der Waals surface area contributed by atoms with E-state index < -0.39 is 5.82 Å². The Morgan fingerprint density at radius 2 is 2.33 bits per heavy atom. The van der Waals surface area contributed by atoms with Crippen LogP contribution in [-0.2, 0) is 11.2 Å². The van der Waals surface area contributed by atoms with Gasteiger partial charge in [-0.05, 0) is 43.5 Å². The molecule has 1 heterocycles. The smallest absolute Gasteiger partial charge is 0.145 e. The molecule has 1 aliphatic rings. The summed E-state index contributed by atoms with van der Waals surface area (Å²) in [5, 5.41) is 3.36. The Bertz CT molecular complexity index is 430. The van der Waals surface area contributed by atoms with Crippen molar-refractivity contribution < 1.29 is 9.18 Å². The molecule has 0 radical (unpaired) electrons. The minimum atomic E-state index is -0.463. The van der Waals surface area contributed by atoms with Crippen molar-refractivity contribution >= 4 is 17.4 Å². The van der Waals surface area contributed by atoms with E-state index in [0.29, 0.717) is 17.9 Å². The molecule has 1 unspecified atom stereocenters. The van der Waals surface area contributed by atoms with Gasteiger partial charge in [0.1, 0.15) is 11.6 Å². The highest BCUT2D eigenvalue weighted by Gasteiger charge is 2.16. The van der Waals surface area contributed by atoms with Crippen LogP contribution in [0.3, 0.4) is 0 Å². The second-order valence-corrected chi connectivity index (χ2v) is 5.23. The molecule has 0 aliphatic carbocycles. The number of benzene rings is 1. The molecule has 1 aromatic carbocycles. The number of rotatable bonds is 5. The van der Waals surface area contributed by atoms with E-state index in [9.17, 15) is 9.18 Å². The van der Waals surface area contributed by atoms with Gasteiger partial charge in [0, 0.05) is 12.8 Å². The SMILES string of the molecule is O=C(CCC1CCNC1)Cc1cccc(Cl)c1F. The minimum absolute atomic E-state index is 0.0836. The van der Waals surface area contributed by atoms with E-state index in [1.165, 1.54) is 6.07 Å². The van der Waals surface area contributed by atoms with Gasteiger partial charge in [-0.25, -0.2) is 4.39 Å². The van der Waals surface area contributed by atoms with Gasteiger partial charge in [0.05, 0.1) is 5.02 Å². The van der Waals surface area contributed by atoms with Crippen molar-refractivity contribution in [2.24, 2.45) is 5.92 Å². The van der Waals surface area contributed by atoms with Crippen molar-refractivity contribution in [1.29, 1.82) is 0 Å². The zero-order chi connectivity index (χ0) is 13.0. The zero-order valence-electron chi connectivity index (χ0n) is 10.2. The van der Waals surface area contributed by atoms with Gasteiger partial charge in [-0.1, -0.05) is 23.7 Å². The van der Waals surface area contributed by atoms with Crippen molar-refractivity contribution in [2.75, 3.05) is 13.1 Å². The molecule has 1 atom stereocenters. The second-order valence-electron chi connectivity index (χ2n) is 4.83. The molecule has 0 bridgehead atoms. The molecule has 2 nitrogen and oxygen atoms in total. The normalized spacial score (nSPS) is 19.1. The van der Waals surface area contributed by atoms with Crippen LogP contribution >= 0.6 is 11.6 Å². The highest BCUT2D eigenvalue weighted by Crippen LogP contribution is 2.20. The first-order valence-corrected chi connectivity index (χ1v) is 6.70. The van der Waals surface area contributed by atoms with Crippen LogP contribution in [-0.4, -0.2) is 18.9 Å². The lowest BCUT2D eigenvalue weighted by molar-refractivity contribution is -0.118. The molecule has 1 aliphatic heterocycles. The predicted molar refractivity (Wildman–Crippen MR) is 70.3 cm³/mol. The van der Waals surface area contributed by atoms with Crippen molar-refractivity contribution in [2.45, 2.75) is 25.7 Å². The lowest BCUT2D eigenvalue weighted by atomic mass is 9.98. The average molecular weight is 270 g/mol. The molecule has 0 saturated carbocycles. The predicted octanol–water partition coefficient (Wildman–Crippen LogP) is 2.98. The Morgan fingerprint density at radius 1 is 1.50 bits per heavy atom. The van der Waals surface area contributed by atoms with Gasteiger partial charge in [-0.3, -0.25) is 4.79 Å². The highest BCUT2D eigenvalue weighted by atomic mass is 35.5. The van der Waals surface area contributed by atoms with E-state index >= 15 is 0 Å². The Balaban J connectivity index is 1.84. The van der Waals surface area contributed by atoms with Crippen molar-refractivity contribution in [3.05, 3.63) is 34.6 Å². The number of nitrogens with one attached hydrogen (secondary N) is 1. The molecule has 1 aromatic rings. The third-order valence-corrected chi connectivity index (χ3v) is 3.70. The van der Waals surface area contributed by atoms with Gasteiger partial charge in [0.15, 0.2) is 0 Å². The molecule has 18 heavy (non-hydrogen) atoms. The summed E-state index contributed by atoms with van der Waals surface area (Å²) in [6, 6.07) is 4.79. The van der Waals surface area contributed by atoms with E-state index in [1.54, 1.807) is 12.1 Å². The van der Waals surface area contributed by atoms with Gasteiger partial charge in [-0.15, -0.1) is 0 Å². The van der Waals surface area contributed by atoms with Crippen LogP contribution in [0.2, 0.25) is 5.02 Å². The number of hydrogen-bond donors (Lipinski definition) is 1. The Labute approximate surface area is 112 Å². The molecule has 4 heteroatoms. The maximum absolute atomic E-state index is 13.6. The number of carbonyl (C=O) groups is 1. The summed E-state index contributed by atoms with van der Waals surface area (Å²) in [7, 11) is 0. The van der Waals surface area contributed by atoms with E-state index in [0.717, 1.165) is 25.9 Å². The summed E-state index contributed by atoms with van der Waals surface area (Å²) in [6.07, 6.45) is 2.71. The van der Waals surface area contributed by atoms with Crippen LogP contribution in [0.4, 0.5) is 4.39 Å². The lowest BCUT2D eigenvalue weighted by Gasteiger charge is -2.08. The third kappa shape index (κ3) is 3.53. The zero-order valence-corrected chi connectivity index (χ0v) is 11.0. The van der Waals surface area contributed by atoms with Crippen LogP contribution in [0.5, 0.6) is 0 Å². The van der Waals surface area contributed by atoms with Crippen LogP contribution < -0.4 is 5.32 Å². The Kier molecular flexibility index (Phi) is 4.72. The monoisotopic (exact) mass is 269 g/mol. The van der Waals surface area contributed by atoms with Crippen molar-refractivity contribution in [3.8, 4) is 0 Å². The number of Topliss-reactive ketones (excluding diaryl/α,β-unsaturated/α-hetero) is 1. The fraction of sp³-hybridized carbons (Fsp3) is 0.500. The second kappa shape index (κ2) is 6.30. The van der Waals surface area contributed by atoms with Crippen LogP contribution in [0.25, 0.3) is 0 Å². The highest BCUT2D eigenvalue weighted by molar-refractivity contribution is 6.30. The molecule has 1 fully saturated rings. The molecule has 2 rings (SSSR count). The molecular formula is C14H17ClFNO. The van der Waals surface area contributed by atoms with E-state index in [4.69, 9.17) is 11.6 Å². The molecule has 0 spiro atoms. The van der Waals surface area contributed by atoms with Gasteiger partial charge >= 0.3 is 0 Å². The largest absolute Gasteiger partial charge is 0.316 e. The van der Waals surface area contributed by atoms with Crippen LogP contribution in [0, 0.1) is 11.7 Å². The fourth-order valence-corrected chi connectivity index (χ4v) is 2.51. The summed E-state index contributed by atoms with van der Waals surface area (Å²) in [5.41, 5.74) is 0.400. The summed E-state index contributed by atoms with van der Waals surface area (Å²) in [5.74, 6) is 0.219. The van der Waals surface area contributed by atoms with Crippen molar-refractivity contribution in [3.63, 3.8) is 0 Å². The van der Waals surface area contributed by atoms with E-state index in [-0.39, 0.29) is 17.2 Å². The average Bonchev–Trinajstić information content (AvgIpc) is 2.86. The maximum atomic E-state index is 13.6. The Hall–Kier alpha value is -0.930. The number of halogens is 2. The molecule has 1 N–H and O–H groups in total. The maximum Gasteiger partial charge on any atom is 0.145 e. The molecular weight excluding hydrogens is 253 g/mol. The first-order valence-electron chi connectivity index (χ1n) is 6.32. The lowest BCUT2D eigenvalue weighted by Crippen LogP contribution is -2.11. The third-order valence-electron chi connectivity index (χ3n) is 3.41.